The van der Waals surface area contributed by atoms with Crippen molar-refractivity contribution in [1.82, 2.24) is 14.9 Å². The molecule has 184 valence electrons. The molecular weight excluding hydrogens is 444 g/mol. The molecule has 35 heavy (non-hydrogen) atoms. The summed E-state index contributed by atoms with van der Waals surface area (Å²) in [5.41, 5.74) is 1.83. The van der Waals surface area contributed by atoms with E-state index in [9.17, 15) is 9.59 Å². The van der Waals surface area contributed by atoms with Crippen LogP contribution in [-0.2, 0) is 11.8 Å². The number of carbonyl (C=O) groups is 2. The zero-order chi connectivity index (χ0) is 24.8. The molecule has 1 aliphatic rings. The molecule has 1 unspecified atom stereocenters. The molecule has 1 fully saturated rings. The van der Waals surface area contributed by atoms with Crippen LogP contribution in [0.4, 0.5) is 5.69 Å². The van der Waals surface area contributed by atoms with Crippen molar-refractivity contribution in [1.29, 1.82) is 0 Å². The summed E-state index contributed by atoms with van der Waals surface area (Å²) in [6.45, 7) is 0. The Morgan fingerprint density at radius 2 is 1.74 bits per heavy atom. The number of nitrogens with zero attached hydrogens (tertiary/aromatic N) is 2. The molecule has 4 rings (SSSR count). The number of carbonyl (C=O) groups excluding carboxylic acids is 2. The molecule has 2 N–H and O–H groups in total. The van der Waals surface area contributed by atoms with Crippen molar-refractivity contribution >= 4 is 17.5 Å². The first kappa shape index (κ1) is 24.3. The van der Waals surface area contributed by atoms with Crippen molar-refractivity contribution in [2.75, 3.05) is 19.5 Å². The van der Waals surface area contributed by atoms with Crippen LogP contribution in [0, 0.1) is 5.92 Å². The molecule has 1 aliphatic carbocycles. The molecule has 0 saturated heterocycles. The third kappa shape index (κ3) is 5.82. The number of anilines is 1. The average molecular weight is 477 g/mol. The van der Waals surface area contributed by atoms with Crippen molar-refractivity contribution in [3.05, 3.63) is 71.8 Å². The summed E-state index contributed by atoms with van der Waals surface area (Å²) in [4.78, 5) is 30.5. The monoisotopic (exact) mass is 476 g/mol. The Morgan fingerprint density at radius 1 is 1.03 bits per heavy atom. The highest BCUT2D eigenvalue weighted by Crippen LogP contribution is 2.30. The molecule has 1 atom stereocenters. The molecule has 0 radical (unpaired) electrons. The van der Waals surface area contributed by atoms with Crippen LogP contribution in [0.3, 0.4) is 0 Å². The van der Waals surface area contributed by atoms with E-state index in [-0.39, 0.29) is 17.7 Å². The number of benzene rings is 2. The summed E-state index contributed by atoms with van der Waals surface area (Å²) in [6, 6.07) is 11.9. The molecule has 2 amide bonds. The maximum Gasteiger partial charge on any atom is 0.252 e. The van der Waals surface area contributed by atoms with E-state index < -0.39 is 6.04 Å². The number of amides is 2. The lowest BCUT2D eigenvalue weighted by atomic mass is 9.88. The van der Waals surface area contributed by atoms with Gasteiger partial charge in [-0.05, 0) is 48.7 Å². The fourth-order valence-electron chi connectivity index (χ4n) is 4.51. The number of ether oxygens (including phenoxy) is 2. The minimum absolute atomic E-state index is 0.0246. The molecule has 8 heteroatoms. The number of imidazole rings is 1. The summed E-state index contributed by atoms with van der Waals surface area (Å²) in [5, 5.41) is 6.08. The van der Waals surface area contributed by atoms with Gasteiger partial charge in [-0.3, -0.25) is 9.59 Å². The Balaban J connectivity index is 1.58. The Kier molecular flexibility index (Phi) is 7.70. The minimum atomic E-state index is -0.549. The number of hydrogen-bond acceptors (Lipinski definition) is 5. The third-order valence-electron chi connectivity index (χ3n) is 6.47. The van der Waals surface area contributed by atoms with Crippen LogP contribution in [0.2, 0.25) is 0 Å². The van der Waals surface area contributed by atoms with E-state index in [0.29, 0.717) is 28.6 Å². The molecule has 3 aromatic rings. The predicted molar refractivity (Wildman–Crippen MR) is 134 cm³/mol. The zero-order valence-corrected chi connectivity index (χ0v) is 20.4. The standard InChI is InChI=1S/C27H32N4O4/c1-31-13-12-28-25(31)24(20-15-22(34-2)17-23(16-20)35-3)30-27(33)19-10-7-11-21(14-19)29-26(32)18-8-5-4-6-9-18/h7,10-18,24H,4-6,8-9H2,1-3H3,(H,29,32)(H,30,33). The lowest BCUT2D eigenvalue weighted by Crippen LogP contribution is -2.31. The van der Waals surface area contributed by atoms with Crippen molar-refractivity contribution in [3.8, 4) is 11.5 Å². The third-order valence-corrected chi connectivity index (χ3v) is 6.47. The predicted octanol–water partition coefficient (Wildman–Crippen LogP) is 4.48. The Labute approximate surface area is 205 Å². The van der Waals surface area contributed by atoms with Gasteiger partial charge >= 0.3 is 0 Å². The average Bonchev–Trinajstić information content (AvgIpc) is 3.32. The van der Waals surface area contributed by atoms with E-state index in [0.717, 1.165) is 31.2 Å². The molecule has 1 saturated carbocycles. The molecule has 1 aromatic heterocycles. The number of aryl methyl sites for hydroxylation is 1. The minimum Gasteiger partial charge on any atom is -0.497 e. The van der Waals surface area contributed by atoms with E-state index in [2.05, 4.69) is 15.6 Å². The quantitative estimate of drug-likeness (QED) is 0.500. The second-order valence-corrected chi connectivity index (χ2v) is 8.85. The second kappa shape index (κ2) is 11.1. The maximum absolute atomic E-state index is 13.4. The molecular formula is C27H32N4O4. The van der Waals surface area contributed by atoms with Crippen LogP contribution >= 0.6 is 0 Å². The van der Waals surface area contributed by atoms with E-state index in [1.165, 1.54) is 6.42 Å². The van der Waals surface area contributed by atoms with Crippen LogP contribution in [0.15, 0.2) is 54.9 Å². The van der Waals surface area contributed by atoms with Crippen molar-refractivity contribution < 1.29 is 19.1 Å². The van der Waals surface area contributed by atoms with Crippen molar-refractivity contribution in [2.45, 2.75) is 38.1 Å². The van der Waals surface area contributed by atoms with Gasteiger partial charge in [0.2, 0.25) is 5.91 Å². The second-order valence-electron chi connectivity index (χ2n) is 8.85. The number of aromatic nitrogens is 2. The highest BCUT2D eigenvalue weighted by molar-refractivity contribution is 5.98. The topological polar surface area (TPSA) is 94.5 Å². The number of hydrogen-bond donors (Lipinski definition) is 2. The largest absolute Gasteiger partial charge is 0.497 e. The van der Waals surface area contributed by atoms with Gasteiger partial charge < -0.3 is 24.7 Å². The SMILES string of the molecule is COc1cc(OC)cc(C(NC(=O)c2cccc(NC(=O)C3CCCCC3)c2)c2nccn2C)c1. The van der Waals surface area contributed by atoms with Crippen molar-refractivity contribution in [3.63, 3.8) is 0 Å². The van der Waals surface area contributed by atoms with E-state index in [1.807, 2.05) is 29.9 Å². The van der Waals surface area contributed by atoms with Gasteiger partial charge in [0.25, 0.3) is 5.91 Å². The number of methoxy groups -OCH3 is 2. The summed E-state index contributed by atoms with van der Waals surface area (Å²) < 4.78 is 12.7. The van der Waals surface area contributed by atoms with Crippen LogP contribution in [0.1, 0.15) is 59.9 Å². The summed E-state index contributed by atoms with van der Waals surface area (Å²) >= 11 is 0. The van der Waals surface area contributed by atoms with E-state index in [1.54, 1.807) is 50.7 Å². The summed E-state index contributed by atoms with van der Waals surface area (Å²) in [5.74, 6) is 1.66. The highest BCUT2D eigenvalue weighted by atomic mass is 16.5. The Morgan fingerprint density at radius 3 is 2.37 bits per heavy atom. The maximum atomic E-state index is 13.4. The molecule has 0 aliphatic heterocycles. The first-order valence-electron chi connectivity index (χ1n) is 11.9. The molecule has 8 nitrogen and oxygen atoms in total. The lowest BCUT2D eigenvalue weighted by Gasteiger charge is -2.21. The normalized spacial score (nSPS) is 14.7. The van der Waals surface area contributed by atoms with Crippen LogP contribution in [0.25, 0.3) is 0 Å². The summed E-state index contributed by atoms with van der Waals surface area (Å²) in [7, 11) is 5.04. The fraction of sp³-hybridized carbons (Fsp3) is 0.370. The fourth-order valence-corrected chi connectivity index (χ4v) is 4.51. The van der Waals surface area contributed by atoms with Gasteiger partial charge in [-0.15, -0.1) is 0 Å². The van der Waals surface area contributed by atoms with Gasteiger partial charge in [-0.1, -0.05) is 25.3 Å². The lowest BCUT2D eigenvalue weighted by molar-refractivity contribution is -0.120. The molecule has 2 aromatic carbocycles. The van der Waals surface area contributed by atoms with Crippen molar-refractivity contribution in [2.24, 2.45) is 13.0 Å². The molecule has 1 heterocycles. The number of rotatable bonds is 8. The number of nitrogens with one attached hydrogen (secondary N) is 2. The zero-order valence-electron chi connectivity index (χ0n) is 20.4. The Hall–Kier alpha value is -3.81. The van der Waals surface area contributed by atoms with Crippen LogP contribution in [0.5, 0.6) is 11.5 Å². The van der Waals surface area contributed by atoms with Gasteiger partial charge in [0.15, 0.2) is 0 Å². The highest BCUT2D eigenvalue weighted by Gasteiger charge is 2.24. The van der Waals surface area contributed by atoms with Crippen LogP contribution in [-0.4, -0.2) is 35.6 Å². The smallest absolute Gasteiger partial charge is 0.252 e. The van der Waals surface area contributed by atoms with Crippen LogP contribution < -0.4 is 20.1 Å². The van der Waals surface area contributed by atoms with Gasteiger partial charge in [0, 0.05) is 42.7 Å². The van der Waals surface area contributed by atoms with Gasteiger partial charge in [0.1, 0.15) is 23.4 Å². The van der Waals surface area contributed by atoms with Gasteiger partial charge in [-0.25, -0.2) is 4.98 Å². The first-order valence-corrected chi connectivity index (χ1v) is 11.9. The van der Waals surface area contributed by atoms with Gasteiger partial charge in [-0.2, -0.15) is 0 Å². The summed E-state index contributed by atoms with van der Waals surface area (Å²) in [6.07, 6.45) is 8.72. The Bertz CT molecular complexity index is 1160. The van der Waals surface area contributed by atoms with E-state index in [4.69, 9.17) is 9.47 Å². The van der Waals surface area contributed by atoms with E-state index >= 15 is 0 Å². The van der Waals surface area contributed by atoms with Gasteiger partial charge in [0.05, 0.1) is 14.2 Å². The molecule has 0 bridgehead atoms. The first-order chi connectivity index (χ1) is 17.0. The molecule has 0 spiro atoms.